The Hall–Kier alpha value is 0.110. The molecule has 3 N–H and O–H groups in total. The summed E-state index contributed by atoms with van der Waals surface area (Å²) in [4.78, 5) is 20.9. The molecule has 0 radical (unpaired) electrons. The van der Waals surface area contributed by atoms with Gasteiger partial charge in [0.25, 0.3) is 0 Å². The predicted molar refractivity (Wildman–Crippen MR) is 33.8 cm³/mol. The molecule has 0 aromatic carbocycles. The lowest BCUT2D eigenvalue weighted by Crippen LogP contribution is -2.72. The number of quaternary nitrogens is 1. The highest BCUT2D eigenvalue weighted by Gasteiger charge is 2.25. The van der Waals surface area contributed by atoms with Gasteiger partial charge in [0.15, 0.2) is 0 Å². The molecule has 0 amide bonds. The monoisotopic (exact) mass is 166 g/mol. The van der Waals surface area contributed by atoms with E-state index in [1.165, 1.54) is 6.92 Å². The highest BCUT2D eigenvalue weighted by Crippen LogP contribution is 2.39. The van der Waals surface area contributed by atoms with E-state index in [9.17, 15) is 14.4 Å². The molecule has 0 bridgehead atoms. The Morgan fingerprint density at radius 1 is 1.60 bits per heavy atom. The summed E-state index contributed by atoms with van der Waals surface area (Å²) in [6.07, 6.45) is 0.992. The minimum absolute atomic E-state index is 0.331. The first-order valence-electron chi connectivity index (χ1n) is 3.19. The van der Waals surface area contributed by atoms with E-state index in [0.29, 0.717) is 12.8 Å². The van der Waals surface area contributed by atoms with Crippen molar-refractivity contribution < 1.29 is 20.1 Å². The lowest BCUT2D eigenvalue weighted by molar-refractivity contribution is -0.472. The van der Waals surface area contributed by atoms with Gasteiger partial charge in [-0.05, 0) is 20.9 Å². The molecular weight excluding hydrogens is 153 g/mol. The van der Waals surface area contributed by atoms with Crippen molar-refractivity contribution >= 4 is 7.60 Å². The standard InChI is InChI=1S/C5H14NO3P/c1-3-4-5(2,6)10(7,8)9/h3-4,6H2,1-2H3,(H2,7,8,9)/p-1/t5-/m1/s1. The van der Waals surface area contributed by atoms with E-state index in [-0.39, 0.29) is 0 Å². The molecule has 0 fully saturated rings. The van der Waals surface area contributed by atoms with Crippen LogP contribution in [0.15, 0.2) is 0 Å². The first kappa shape index (κ1) is 10.1. The Morgan fingerprint density at radius 3 is 2.10 bits per heavy atom. The average Bonchev–Trinajstić information content (AvgIpc) is 1.61. The summed E-state index contributed by atoms with van der Waals surface area (Å²) in [5, 5.41) is -1.32. The maximum absolute atomic E-state index is 10.5. The van der Waals surface area contributed by atoms with Crippen molar-refractivity contribution in [2.24, 2.45) is 0 Å². The van der Waals surface area contributed by atoms with E-state index in [0.717, 1.165) is 0 Å². The zero-order valence-corrected chi connectivity index (χ0v) is 7.19. The van der Waals surface area contributed by atoms with Crippen molar-refractivity contribution in [3.05, 3.63) is 0 Å². The second kappa shape index (κ2) is 3.01. The Labute approximate surface area is 60.6 Å². The summed E-state index contributed by atoms with van der Waals surface area (Å²) < 4.78 is 10.5. The van der Waals surface area contributed by atoms with Crippen LogP contribution in [-0.4, -0.2) is 5.28 Å². The molecule has 0 aliphatic heterocycles. The quantitative estimate of drug-likeness (QED) is 0.526. The van der Waals surface area contributed by atoms with E-state index < -0.39 is 12.9 Å². The Morgan fingerprint density at radius 2 is 2.00 bits per heavy atom. The predicted octanol–water partition coefficient (Wildman–Crippen LogP) is -1.34. The summed E-state index contributed by atoms with van der Waals surface area (Å²) >= 11 is 0. The minimum Gasteiger partial charge on any atom is -0.806 e. The van der Waals surface area contributed by atoms with Gasteiger partial charge < -0.3 is 20.1 Å². The molecule has 0 heterocycles. The van der Waals surface area contributed by atoms with Crippen molar-refractivity contribution in [1.82, 2.24) is 0 Å². The van der Waals surface area contributed by atoms with Crippen molar-refractivity contribution in [2.75, 3.05) is 0 Å². The van der Waals surface area contributed by atoms with Gasteiger partial charge in [-0.15, -0.1) is 0 Å². The van der Waals surface area contributed by atoms with Crippen LogP contribution in [0.4, 0.5) is 0 Å². The second-order valence-corrected chi connectivity index (χ2v) is 4.82. The summed E-state index contributed by atoms with van der Waals surface area (Å²) in [6.45, 7) is 3.18. The van der Waals surface area contributed by atoms with Crippen LogP contribution in [0.5, 0.6) is 0 Å². The molecule has 0 aliphatic rings. The van der Waals surface area contributed by atoms with Gasteiger partial charge in [-0.3, -0.25) is 0 Å². The topological polar surface area (TPSA) is 90.8 Å². The first-order valence-corrected chi connectivity index (χ1v) is 4.73. The zero-order chi connectivity index (χ0) is 8.41. The van der Waals surface area contributed by atoms with Crippen LogP contribution in [0.2, 0.25) is 0 Å². The third kappa shape index (κ3) is 2.39. The van der Waals surface area contributed by atoms with Crippen LogP contribution >= 0.6 is 7.60 Å². The molecule has 0 aliphatic carbocycles. The van der Waals surface area contributed by atoms with Crippen LogP contribution in [-0.2, 0) is 4.57 Å². The van der Waals surface area contributed by atoms with Crippen LogP contribution in [0.3, 0.4) is 0 Å². The zero-order valence-electron chi connectivity index (χ0n) is 6.29. The average molecular weight is 166 g/mol. The highest BCUT2D eigenvalue weighted by molar-refractivity contribution is 7.50. The summed E-state index contributed by atoms with van der Waals surface area (Å²) in [6, 6.07) is 0. The van der Waals surface area contributed by atoms with Gasteiger partial charge in [0.05, 0.1) is 0 Å². The van der Waals surface area contributed by atoms with Crippen LogP contribution < -0.4 is 15.5 Å². The highest BCUT2D eigenvalue weighted by atomic mass is 31.2. The van der Waals surface area contributed by atoms with Crippen LogP contribution in [0.1, 0.15) is 26.7 Å². The van der Waals surface area contributed by atoms with E-state index in [2.05, 4.69) is 5.73 Å². The van der Waals surface area contributed by atoms with Crippen molar-refractivity contribution in [3.63, 3.8) is 0 Å². The molecular formula is C5H13NO3P-. The Bertz CT molecular complexity index is 151. The first-order chi connectivity index (χ1) is 4.31. The van der Waals surface area contributed by atoms with Gasteiger partial charge in [0.1, 0.15) is 5.28 Å². The molecule has 0 spiro atoms. The molecule has 0 unspecified atom stereocenters. The lowest BCUT2D eigenvalue weighted by Gasteiger charge is -2.41. The van der Waals surface area contributed by atoms with Gasteiger partial charge in [-0.25, -0.2) is 0 Å². The maximum atomic E-state index is 10.5. The fraction of sp³-hybridized carbons (Fsp3) is 1.00. The van der Waals surface area contributed by atoms with Crippen LogP contribution in [0.25, 0.3) is 0 Å². The lowest BCUT2D eigenvalue weighted by atomic mass is 10.2. The molecule has 0 aromatic heterocycles. The van der Waals surface area contributed by atoms with Crippen LogP contribution in [0, 0.1) is 0 Å². The fourth-order valence-corrected chi connectivity index (χ4v) is 1.17. The van der Waals surface area contributed by atoms with Gasteiger partial charge >= 0.3 is 0 Å². The molecule has 10 heavy (non-hydrogen) atoms. The Balaban J connectivity index is 4.25. The van der Waals surface area contributed by atoms with Crippen molar-refractivity contribution in [3.8, 4) is 0 Å². The fourth-order valence-electron chi connectivity index (χ4n) is 0.676. The molecule has 5 heteroatoms. The van der Waals surface area contributed by atoms with Gasteiger partial charge in [-0.2, -0.15) is 0 Å². The van der Waals surface area contributed by atoms with E-state index in [4.69, 9.17) is 0 Å². The molecule has 0 aromatic rings. The van der Waals surface area contributed by atoms with E-state index in [1.807, 2.05) is 6.92 Å². The molecule has 4 nitrogen and oxygen atoms in total. The Kier molecular flexibility index (Phi) is 3.04. The SMILES string of the molecule is CCC[C@](C)([NH3+])P(=O)([O-])[O-]. The minimum atomic E-state index is -4.50. The molecule has 0 saturated heterocycles. The van der Waals surface area contributed by atoms with Crippen molar-refractivity contribution in [1.29, 1.82) is 0 Å². The smallest absolute Gasteiger partial charge is 0.117 e. The molecule has 0 rings (SSSR count). The summed E-state index contributed by atoms with van der Waals surface area (Å²) in [7, 11) is -4.50. The van der Waals surface area contributed by atoms with E-state index in [1.54, 1.807) is 0 Å². The van der Waals surface area contributed by atoms with Gasteiger partial charge in [0, 0.05) is 6.42 Å². The summed E-state index contributed by atoms with van der Waals surface area (Å²) in [5.41, 5.74) is 3.34. The third-order valence-electron chi connectivity index (χ3n) is 1.45. The number of hydrogen-bond acceptors (Lipinski definition) is 3. The number of hydrogen-bond donors (Lipinski definition) is 1. The number of rotatable bonds is 3. The molecule has 0 saturated carbocycles. The van der Waals surface area contributed by atoms with Crippen molar-refractivity contribution in [2.45, 2.75) is 32.0 Å². The van der Waals surface area contributed by atoms with E-state index >= 15 is 0 Å². The largest absolute Gasteiger partial charge is 0.806 e. The molecule has 1 atom stereocenters. The normalized spacial score (nSPS) is 18.5. The third-order valence-corrected chi connectivity index (χ3v) is 3.00. The summed E-state index contributed by atoms with van der Waals surface area (Å²) in [5.74, 6) is 0. The van der Waals surface area contributed by atoms with Gasteiger partial charge in [0.2, 0.25) is 0 Å². The maximum Gasteiger partial charge on any atom is 0.117 e. The van der Waals surface area contributed by atoms with Gasteiger partial charge in [-0.1, -0.05) is 6.92 Å². The second-order valence-electron chi connectivity index (χ2n) is 2.74. The molecule has 62 valence electrons.